The van der Waals surface area contributed by atoms with Gasteiger partial charge in [0.05, 0.1) is 11.2 Å². The van der Waals surface area contributed by atoms with E-state index in [1.165, 1.54) is 43.7 Å². The van der Waals surface area contributed by atoms with E-state index < -0.39 is 7.38 Å². The van der Waals surface area contributed by atoms with E-state index in [1.54, 1.807) is 0 Å². The molecule has 0 bridgehead atoms. The normalized spacial score (nSPS) is 21.0. The molecule has 5 heteroatoms. The maximum absolute atomic E-state index is 6.74. The summed E-state index contributed by atoms with van der Waals surface area (Å²) in [4.78, 5) is 0. The molecule has 1 aliphatic heterocycles. The van der Waals surface area contributed by atoms with E-state index in [1.807, 2.05) is 0 Å². The molecule has 0 N–H and O–H groups in total. The van der Waals surface area contributed by atoms with Crippen LogP contribution >= 0.6 is 11.1 Å². The number of hydrogen-bond acceptors (Lipinski definition) is 2. The molecule has 1 heterocycles. The molecule has 0 spiro atoms. The molecule has 23 heavy (non-hydrogen) atoms. The van der Waals surface area contributed by atoms with Crippen LogP contribution in [-0.2, 0) is 9.31 Å². The second-order valence-corrected chi connectivity index (χ2v) is 14.7. The maximum atomic E-state index is 6.74. The lowest BCUT2D eigenvalue weighted by Gasteiger charge is -2.32. The lowest BCUT2D eigenvalue weighted by molar-refractivity contribution is 0.00578. The lowest BCUT2D eigenvalue weighted by Crippen LogP contribution is -2.41. The van der Waals surface area contributed by atoms with E-state index >= 15 is 0 Å². The Kier molecular flexibility index (Phi) is 7.91. The Morgan fingerprint density at radius 3 is 1.91 bits per heavy atom. The van der Waals surface area contributed by atoms with Crippen molar-refractivity contribution < 1.29 is 9.31 Å². The molecule has 0 aromatic carbocycles. The van der Waals surface area contributed by atoms with Crippen LogP contribution < -0.4 is 0 Å². The van der Waals surface area contributed by atoms with Crippen molar-refractivity contribution in [2.45, 2.75) is 104 Å². The second kappa shape index (κ2) is 8.55. The van der Waals surface area contributed by atoms with Gasteiger partial charge < -0.3 is 9.31 Å². The minimum Gasteiger partial charge on any atom is -0.400 e. The van der Waals surface area contributed by atoms with Crippen molar-refractivity contribution in [1.82, 2.24) is 0 Å². The van der Waals surface area contributed by atoms with Crippen LogP contribution in [0.3, 0.4) is 0 Å². The molecule has 0 amide bonds. The standard InChI is InChI=1S/C18H36BClO2Si/c1-8-9-10-11-12-13-14-16(23(6,7)20)15-19-21-17(2,3)18(4,5)22-19/h15H,8-14H2,1-7H3/b16-15-. The first-order chi connectivity index (χ1) is 10.5. The highest BCUT2D eigenvalue weighted by molar-refractivity contribution is 7.23. The van der Waals surface area contributed by atoms with Crippen LogP contribution in [-0.4, -0.2) is 25.7 Å². The van der Waals surface area contributed by atoms with Crippen LogP contribution in [0.5, 0.6) is 0 Å². The smallest absolute Gasteiger partial charge is 0.400 e. The summed E-state index contributed by atoms with van der Waals surface area (Å²) in [6.45, 7) is 15.0. The fraction of sp³-hybridized carbons (Fsp3) is 0.889. The number of hydrogen-bond donors (Lipinski definition) is 0. The van der Waals surface area contributed by atoms with Gasteiger partial charge in [-0.05, 0) is 40.5 Å². The molecule has 0 aromatic heterocycles. The first-order valence-corrected chi connectivity index (χ1v) is 13.3. The van der Waals surface area contributed by atoms with Gasteiger partial charge in [0.25, 0.3) is 0 Å². The quantitative estimate of drug-likeness (QED) is 0.274. The number of halogens is 1. The van der Waals surface area contributed by atoms with Gasteiger partial charge in [-0.2, -0.15) is 11.1 Å². The second-order valence-electron chi connectivity index (χ2n) is 8.31. The summed E-state index contributed by atoms with van der Waals surface area (Å²) >= 11 is 6.74. The van der Waals surface area contributed by atoms with Crippen molar-refractivity contribution >= 4 is 25.6 Å². The molecule has 0 saturated carbocycles. The summed E-state index contributed by atoms with van der Waals surface area (Å²) in [6.07, 6.45) is 8.94. The zero-order valence-corrected chi connectivity index (χ0v) is 18.1. The molecule has 1 saturated heterocycles. The largest absolute Gasteiger partial charge is 0.486 e. The van der Waals surface area contributed by atoms with E-state index in [9.17, 15) is 0 Å². The molecular formula is C18H36BClO2Si. The van der Waals surface area contributed by atoms with Crippen molar-refractivity contribution in [1.29, 1.82) is 0 Å². The molecule has 0 atom stereocenters. The molecule has 0 radical (unpaired) electrons. The van der Waals surface area contributed by atoms with Gasteiger partial charge in [-0.25, -0.2) is 0 Å². The molecule has 1 fully saturated rings. The van der Waals surface area contributed by atoms with Crippen molar-refractivity contribution in [2.24, 2.45) is 0 Å². The third-order valence-electron chi connectivity index (χ3n) is 5.17. The van der Waals surface area contributed by atoms with Crippen molar-refractivity contribution in [2.75, 3.05) is 0 Å². The topological polar surface area (TPSA) is 18.5 Å². The summed E-state index contributed by atoms with van der Waals surface area (Å²) in [5, 5.41) is 1.37. The van der Waals surface area contributed by atoms with Crippen LogP contribution in [0.4, 0.5) is 0 Å². The zero-order valence-electron chi connectivity index (χ0n) is 16.3. The van der Waals surface area contributed by atoms with E-state index in [0.717, 1.165) is 6.42 Å². The Morgan fingerprint density at radius 2 is 1.43 bits per heavy atom. The predicted octanol–water partition coefficient (Wildman–Crippen LogP) is 6.28. The van der Waals surface area contributed by atoms with Crippen molar-refractivity contribution in [3.8, 4) is 0 Å². The molecule has 2 nitrogen and oxygen atoms in total. The van der Waals surface area contributed by atoms with Gasteiger partial charge in [-0.3, -0.25) is 0 Å². The monoisotopic (exact) mass is 358 g/mol. The highest BCUT2D eigenvalue weighted by atomic mass is 35.6. The molecule has 1 rings (SSSR count). The van der Waals surface area contributed by atoms with Crippen LogP contribution in [0.1, 0.15) is 79.6 Å². The summed E-state index contributed by atoms with van der Waals surface area (Å²) in [5.74, 6) is 2.17. The minimum absolute atomic E-state index is 0.263. The van der Waals surface area contributed by atoms with Gasteiger partial charge >= 0.3 is 7.12 Å². The maximum Gasteiger partial charge on any atom is 0.486 e. The third-order valence-corrected chi connectivity index (χ3v) is 7.84. The van der Waals surface area contributed by atoms with Crippen LogP contribution in [0.2, 0.25) is 13.1 Å². The van der Waals surface area contributed by atoms with Gasteiger partial charge in [0, 0.05) is 0 Å². The Balaban J connectivity index is 2.62. The minimum atomic E-state index is -1.85. The summed E-state index contributed by atoms with van der Waals surface area (Å²) in [7, 11) is -2.11. The first-order valence-electron chi connectivity index (χ1n) is 9.25. The van der Waals surface area contributed by atoms with Crippen molar-refractivity contribution in [3.63, 3.8) is 0 Å². The Morgan fingerprint density at radius 1 is 0.957 bits per heavy atom. The SMILES string of the molecule is CCCCCCCC/C(=C/B1OC(C)(C)C(C)(C)O1)[Si](C)(C)Cl. The Hall–Kier alpha value is 0.232. The first kappa shape index (κ1) is 21.3. The summed E-state index contributed by atoms with van der Waals surface area (Å²) < 4.78 is 12.2. The number of rotatable bonds is 9. The van der Waals surface area contributed by atoms with Gasteiger partial charge in [0.2, 0.25) is 0 Å². The van der Waals surface area contributed by atoms with E-state index in [-0.39, 0.29) is 18.3 Å². The zero-order chi connectivity index (χ0) is 17.7. The average molecular weight is 359 g/mol. The molecule has 1 aliphatic rings. The Labute approximate surface area is 150 Å². The highest BCUT2D eigenvalue weighted by Gasteiger charge is 2.50. The predicted molar refractivity (Wildman–Crippen MR) is 105 cm³/mol. The lowest BCUT2D eigenvalue weighted by atomic mass is 9.89. The van der Waals surface area contributed by atoms with Crippen LogP contribution in [0.25, 0.3) is 0 Å². The number of unbranched alkanes of at least 4 members (excludes halogenated alkanes) is 5. The van der Waals surface area contributed by atoms with Crippen LogP contribution in [0, 0.1) is 0 Å². The third kappa shape index (κ3) is 6.56. The molecule has 134 valence electrons. The van der Waals surface area contributed by atoms with Crippen LogP contribution in [0.15, 0.2) is 11.2 Å². The average Bonchev–Trinajstić information content (AvgIpc) is 2.59. The van der Waals surface area contributed by atoms with E-state index in [4.69, 9.17) is 20.4 Å². The van der Waals surface area contributed by atoms with Gasteiger partial charge in [-0.15, -0.1) is 0 Å². The molecule has 0 aromatic rings. The summed E-state index contributed by atoms with van der Waals surface area (Å²) in [5.41, 5.74) is -0.561. The Bertz CT molecular complexity index is 386. The van der Waals surface area contributed by atoms with Crippen molar-refractivity contribution in [3.05, 3.63) is 11.2 Å². The highest BCUT2D eigenvalue weighted by Crippen LogP contribution is 2.38. The fourth-order valence-corrected chi connectivity index (χ4v) is 4.57. The van der Waals surface area contributed by atoms with E-state index in [2.05, 4.69) is 53.7 Å². The molecule has 0 unspecified atom stereocenters. The fourth-order valence-electron chi connectivity index (χ4n) is 2.80. The number of allylic oxidation sites excluding steroid dienone is 1. The molecular weight excluding hydrogens is 323 g/mol. The van der Waals surface area contributed by atoms with Gasteiger partial charge in [-0.1, -0.05) is 63.3 Å². The van der Waals surface area contributed by atoms with Gasteiger partial charge in [0.15, 0.2) is 7.38 Å². The van der Waals surface area contributed by atoms with Gasteiger partial charge in [0.1, 0.15) is 0 Å². The molecule has 0 aliphatic carbocycles. The summed E-state index contributed by atoms with van der Waals surface area (Å²) in [6, 6.07) is 0. The van der Waals surface area contributed by atoms with E-state index in [0.29, 0.717) is 0 Å².